The van der Waals surface area contributed by atoms with Gasteiger partial charge >= 0.3 is 0 Å². The van der Waals surface area contributed by atoms with Crippen molar-refractivity contribution in [3.05, 3.63) is 112 Å². The van der Waals surface area contributed by atoms with Crippen molar-refractivity contribution in [2.45, 2.75) is 38.5 Å². The van der Waals surface area contributed by atoms with Gasteiger partial charge in [0, 0.05) is 41.9 Å². The molecule has 2 atom stereocenters. The Morgan fingerprint density at radius 2 is 1.69 bits per heavy atom. The van der Waals surface area contributed by atoms with E-state index in [1.807, 2.05) is 23.6 Å². The fourth-order valence-corrected chi connectivity index (χ4v) is 4.78. The first-order chi connectivity index (χ1) is 17.9. The van der Waals surface area contributed by atoms with Gasteiger partial charge in [-0.1, -0.05) is 43.3 Å². The molecule has 4 rings (SSSR count). The van der Waals surface area contributed by atoms with Crippen LogP contribution in [0.4, 0.5) is 8.78 Å². The Bertz CT molecular complexity index is 1320. The minimum Gasteiger partial charge on any atom is -0.390 e. The van der Waals surface area contributed by atoms with Crippen molar-refractivity contribution in [3.8, 4) is 10.6 Å². The molecule has 0 fully saturated rings. The van der Waals surface area contributed by atoms with Crippen LogP contribution in [0.3, 0.4) is 0 Å². The molecule has 1 aromatic heterocycles. The van der Waals surface area contributed by atoms with Gasteiger partial charge in [-0.15, -0.1) is 36.2 Å². The van der Waals surface area contributed by atoms with E-state index in [2.05, 4.69) is 34.7 Å². The van der Waals surface area contributed by atoms with Crippen LogP contribution >= 0.6 is 36.2 Å². The van der Waals surface area contributed by atoms with E-state index in [0.29, 0.717) is 17.7 Å². The molecule has 39 heavy (non-hydrogen) atoms. The van der Waals surface area contributed by atoms with Gasteiger partial charge in [-0.3, -0.25) is 4.79 Å². The van der Waals surface area contributed by atoms with E-state index in [4.69, 9.17) is 0 Å². The van der Waals surface area contributed by atoms with E-state index in [1.165, 1.54) is 29.0 Å². The minimum absolute atomic E-state index is 0. The second kappa shape index (κ2) is 15.6. The number of rotatable bonds is 11. The van der Waals surface area contributed by atoms with E-state index < -0.39 is 29.7 Å². The van der Waals surface area contributed by atoms with Crippen LogP contribution in [0, 0.1) is 11.6 Å². The van der Waals surface area contributed by atoms with Crippen LogP contribution < -0.4 is 10.6 Å². The number of aliphatic hydroxyl groups excluding tert-OH is 1. The number of thiazole rings is 1. The molecule has 0 aliphatic rings. The summed E-state index contributed by atoms with van der Waals surface area (Å²) < 4.78 is 27.7. The molecule has 10 heteroatoms. The summed E-state index contributed by atoms with van der Waals surface area (Å²) in [5.41, 5.74) is 3.85. The molecule has 208 valence electrons. The maximum absolute atomic E-state index is 13.8. The van der Waals surface area contributed by atoms with Crippen molar-refractivity contribution in [3.63, 3.8) is 0 Å². The third-order valence-corrected chi connectivity index (χ3v) is 6.87. The first kappa shape index (κ1) is 32.3. The average molecular weight is 595 g/mol. The van der Waals surface area contributed by atoms with Gasteiger partial charge in [0.15, 0.2) is 0 Å². The van der Waals surface area contributed by atoms with Crippen molar-refractivity contribution in [1.29, 1.82) is 0 Å². The van der Waals surface area contributed by atoms with Gasteiger partial charge < -0.3 is 15.7 Å². The van der Waals surface area contributed by atoms with Crippen molar-refractivity contribution in [1.82, 2.24) is 15.6 Å². The number of nitrogens with one attached hydrogen (secondary N) is 2. The van der Waals surface area contributed by atoms with Crippen LogP contribution in [0.15, 0.2) is 78.3 Å². The number of hydrogen-bond acceptors (Lipinski definition) is 5. The molecule has 0 aliphatic carbocycles. The lowest BCUT2D eigenvalue weighted by Crippen LogP contribution is -2.48. The number of aliphatic hydroxyl groups is 1. The highest BCUT2D eigenvalue weighted by Crippen LogP contribution is 2.22. The van der Waals surface area contributed by atoms with Crippen LogP contribution in [0.25, 0.3) is 10.6 Å². The van der Waals surface area contributed by atoms with Gasteiger partial charge in [0.05, 0.1) is 12.1 Å². The maximum Gasteiger partial charge on any atom is 0.251 e. The van der Waals surface area contributed by atoms with E-state index in [9.17, 15) is 18.7 Å². The van der Waals surface area contributed by atoms with Crippen LogP contribution in [-0.2, 0) is 19.4 Å². The SMILES string of the molecule is CCc1cccc(CNC[C@H](O)[C@H](Cc2cc(F)cc(F)c2)NC(=O)c2cccc(-c3nccs3)c2)c1.Cl.Cl. The topological polar surface area (TPSA) is 74.2 Å². The average Bonchev–Trinajstić information content (AvgIpc) is 3.43. The molecule has 5 nitrogen and oxygen atoms in total. The number of nitrogens with zero attached hydrogens (tertiary/aromatic N) is 1. The predicted molar refractivity (Wildman–Crippen MR) is 157 cm³/mol. The summed E-state index contributed by atoms with van der Waals surface area (Å²) in [6.45, 7) is 2.81. The Hall–Kier alpha value is -2.88. The van der Waals surface area contributed by atoms with Gasteiger partial charge in [0.1, 0.15) is 16.6 Å². The molecule has 0 saturated carbocycles. The Labute approximate surface area is 243 Å². The Balaban J connectivity index is 0.00000267. The van der Waals surface area contributed by atoms with E-state index >= 15 is 0 Å². The van der Waals surface area contributed by atoms with Crippen molar-refractivity contribution in [2.75, 3.05) is 6.54 Å². The lowest BCUT2D eigenvalue weighted by molar-refractivity contribution is 0.0830. The second-order valence-electron chi connectivity index (χ2n) is 8.85. The molecule has 1 heterocycles. The molecule has 3 N–H and O–H groups in total. The number of hydrogen-bond donors (Lipinski definition) is 3. The zero-order chi connectivity index (χ0) is 26.2. The largest absolute Gasteiger partial charge is 0.390 e. The van der Waals surface area contributed by atoms with E-state index in [0.717, 1.165) is 28.6 Å². The van der Waals surface area contributed by atoms with Gasteiger partial charge in [-0.2, -0.15) is 0 Å². The monoisotopic (exact) mass is 593 g/mol. The maximum atomic E-state index is 13.8. The summed E-state index contributed by atoms with van der Waals surface area (Å²) in [6, 6.07) is 17.6. The number of aromatic nitrogens is 1. The predicted octanol–water partition coefficient (Wildman–Crippen LogP) is 5.99. The van der Waals surface area contributed by atoms with Crippen LogP contribution in [-0.4, -0.2) is 34.7 Å². The summed E-state index contributed by atoms with van der Waals surface area (Å²) in [5, 5.41) is 19.8. The molecule has 3 aromatic carbocycles. The number of benzene rings is 3. The number of carbonyl (C=O) groups excluding carboxylic acids is 1. The minimum atomic E-state index is -1.01. The van der Waals surface area contributed by atoms with E-state index in [-0.39, 0.29) is 37.8 Å². The molecule has 0 unspecified atom stereocenters. The molecular formula is C29H31Cl2F2N3O2S. The highest BCUT2D eigenvalue weighted by Gasteiger charge is 2.23. The van der Waals surface area contributed by atoms with Crippen molar-refractivity contribution in [2.24, 2.45) is 0 Å². The highest BCUT2D eigenvalue weighted by molar-refractivity contribution is 7.13. The van der Waals surface area contributed by atoms with Crippen LogP contribution in [0.5, 0.6) is 0 Å². The molecule has 0 radical (unpaired) electrons. The summed E-state index contributed by atoms with van der Waals surface area (Å²) in [6.07, 6.45) is 1.67. The third kappa shape index (κ3) is 9.37. The number of carbonyl (C=O) groups is 1. The van der Waals surface area contributed by atoms with Crippen LogP contribution in [0.2, 0.25) is 0 Å². The lowest BCUT2D eigenvalue weighted by Gasteiger charge is -2.25. The molecule has 0 aliphatic heterocycles. The molecule has 4 aromatic rings. The van der Waals surface area contributed by atoms with Gasteiger partial charge in [0.2, 0.25) is 0 Å². The first-order valence-electron chi connectivity index (χ1n) is 12.1. The zero-order valence-electron chi connectivity index (χ0n) is 21.3. The fourth-order valence-electron chi connectivity index (χ4n) is 4.14. The van der Waals surface area contributed by atoms with Crippen LogP contribution in [0.1, 0.15) is 34.0 Å². The lowest BCUT2D eigenvalue weighted by atomic mass is 9.99. The fraction of sp³-hybridized carbons (Fsp3) is 0.241. The normalized spacial score (nSPS) is 12.1. The summed E-state index contributed by atoms with van der Waals surface area (Å²) in [7, 11) is 0. The third-order valence-electron chi connectivity index (χ3n) is 6.05. The van der Waals surface area contributed by atoms with Crippen molar-refractivity contribution < 1.29 is 18.7 Å². The van der Waals surface area contributed by atoms with Gasteiger partial charge in [0.25, 0.3) is 5.91 Å². The molecule has 0 saturated heterocycles. The molecule has 0 spiro atoms. The highest BCUT2D eigenvalue weighted by atomic mass is 35.5. The summed E-state index contributed by atoms with van der Waals surface area (Å²) in [5.74, 6) is -1.81. The van der Waals surface area contributed by atoms with Gasteiger partial charge in [-0.25, -0.2) is 13.8 Å². The Morgan fingerprint density at radius 1 is 0.974 bits per heavy atom. The van der Waals surface area contributed by atoms with E-state index in [1.54, 1.807) is 24.4 Å². The van der Waals surface area contributed by atoms with Crippen molar-refractivity contribution >= 4 is 42.1 Å². The smallest absolute Gasteiger partial charge is 0.251 e. The zero-order valence-corrected chi connectivity index (χ0v) is 23.7. The molecular weight excluding hydrogens is 563 g/mol. The Kier molecular flexibility index (Phi) is 13.0. The summed E-state index contributed by atoms with van der Waals surface area (Å²) in [4.78, 5) is 17.4. The molecule has 0 bridgehead atoms. The quantitative estimate of drug-likeness (QED) is 0.200. The number of aryl methyl sites for hydroxylation is 1. The Morgan fingerprint density at radius 3 is 2.38 bits per heavy atom. The second-order valence-corrected chi connectivity index (χ2v) is 9.75. The first-order valence-corrected chi connectivity index (χ1v) is 13.0. The molecule has 1 amide bonds. The standard InChI is InChI=1S/C29H29F2N3O2S.2ClH/c1-2-19-5-3-6-20(11-19)17-32-18-27(35)26(14-21-12-24(30)16-25(31)13-21)34-28(36)22-7-4-8-23(15-22)29-33-9-10-37-29;;/h3-13,15-16,26-27,32,35H,2,14,17-18H2,1H3,(H,34,36);2*1H/t26-,27-;;/m0../s1. The number of amides is 1. The number of halogens is 4. The van der Waals surface area contributed by atoms with Gasteiger partial charge in [-0.05, 0) is 53.8 Å². The summed E-state index contributed by atoms with van der Waals surface area (Å²) >= 11 is 1.47.